The Kier molecular flexibility index (Phi) is 1.70. The number of aromatic hydroxyl groups is 2. The van der Waals surface area contributed by atoms with Crippen LogP contribution in [-0.2, 0) is 0 Å². The van der Waals surface area contributed by atoms with E-state index in [0.29, 0.717) is 0 Å². The van der Waals surface area contributed by atoms with E-state index in [1.54, 1.807) is 0 Å². The van der Waals surface area contributed by atoms with E-state index in [9.17, 15) is 0 Å². The van der Waals surface area contributed by atoms with E-state index in [-0.39, 0.29) is 27.9 Å². The van der Waals surface area contributed by atoms with Crippen molar-refractivity contribution in [2.75, 3.05) is 11.5 Å². The first-order valence-corrected chi connectivity index (χ1v) is 3.17. The summed E-state index contributed by atoms with van der Waals surface area (Å²) in [4.78, 5) is 0. The van der Waals surface area contributed by atoms with Gasteiger partial charge in [0.1, 0.15) is 10.8 Å². The molecule has 0 bridgehead atoms. The van der Waals surface area contributed by atoms with Crippen LogP contribution >= 0.6 is 11.6 Å². The molecule has 0 heterocycles. The van der Waals surface area contributed by atoms with Crippen LogP contribution in [0.4, 0.5) is 11.4 Å². The highest BCUT2D eigenvalue weighted by Crippen LogP contribution is 2.40. The van der Waals surface area contributed by atoms with Gasteiger partial charge in [-0.2, -0.15) is 0 Å². The molecule has 0 amide bonds. The number of phenolic OH excluding ortho intramolecular Hbond substituents is 2. The van der Waals surface area contributed by atoms with Crippen molar-refractivity contribution >= 4 is 23.0 Å². The molecule has 0 aliphatic carbocycles. The average Bonchev–Trinajstić information content (AvgIpc) is 1.97. The van der Waals surface area contributed by atoms with Crippen molar-refractivity contribution in [2.45, 2.75) is 0 Å². The largest absolute Gasteiger partial charge is 0.506 e. The van der Waals surface area contributed by atoms with Gasteiger partial charge in [0.25, 0.3) is 0 Å². The third-order valence-electron chi connectivity index (χ3n) is 1.29. The molecule has 0 unspecified atom stereocenters. The third kappa shape index (κ3) is 1.12. The van der Waals surface area contributed by atoms with Gasteiger partial charge in [0.15, 0.2) is 5.75 Å². The second-order valence-corrected chi connectivity index (χ2v) is 2.44. The van der Waals surface area contributed by atoms with Gasteiger partial charge in [-0.15, -0.1) is 0 Å². The van der Waals surface area contributed by atoms with Crippen molar-refractivity contribution in [1.29, 1.82) is 0 Å². The molecule has 1 rings (SSSR count). The molecule has 0 saturated heterocycles. The Balaban J connectivity index is 3.46. The van der Waals surface area contributed by atoms with Gasteiger partial charge >= 0.3 is 0 Å². The summed E-state index contributed by atoms with van der Waals surface area (Å²) in [6, 6.07) is 1.14. The first-order chi connectivity index (χ1) is 5.04. The average molecular weight is 175 g/mol. The van der Waals surface area contributed by atoms with Gasteiger partial charge in [-0.3, -0.25) is 0 Å². The Hall–Kier alpha value is -1.29. The number of halogens is 1. The molecule has 6 N–H and O–H groups in total. The summed E-state index contributed by atoms with van der Waals surface area (Å²) < 4.78 is 0. The summed E-state index contributed by atoms with van der Waals surface area (Å²) in [7, 11) is 0. The molecule has 5 heteroatoms. The number of phenols is 2. The smallest absolute Gasteiger partial charge is 0.159 e. The number of rotatable bonds is 0. The number of anilines is 2. The quantitative estimate of drug-likeness (QED) is 0.267. The highest BCUT2D eigenvalue weighted by atomic mass is 35.5. The summed E-state index contributed by atoms with van der Waals surface area (Å²) >= 11 is 5.47. The van der Waals surface area contributed by atoms with Crippen LogP contribution in [0.5, 0.6) is 11.5 Å². The highest BCUT2D eigenvalue weighted by Gasteiger charge is 2.10. The predicted octanol–water partition coefficient (Wildman–Crippen LogP) is 0.916. The molecule has 0 spiro atoms. The lowest BCUT2D eigenvalue weighted by Gasteiger charge is -2.05. The minimum atomic E-state index is -0.304. The Labute approximate surface area is 68.0 Å². The summed E-state index contributed by atoms with van der Waals surface area (Å²) in [5.74, 6) is -0.535. The number of nitrogens with two attached hydrogens (primary N) is 2. The van der Waals surface area contributed by atoms with Gasteiger partial charge in [-0.05, 0) is 0 Å². The topological polar surface area (TPSA) is 92.5 Å². The number of nitrogen functional groups attached to an aromatic ring is 2. The molecule has 0 atom stereocenters. The van der Waals surface area contributed by atoms with Crippen LogP contribution in [0.15, 0.2) is 6.07 Å². The standard InChI is InChI=1S/C6H7ClN2O2/c7-4-5(9)3(10)1-2(8)6(4)11/h1,10-11H,8-9H2. The first kappa shape index (κ1) is 7.81. The van der Waals surface area contributed by atoms with Crippen LogP contribution < -0.4 is 11.5 Å². The van der Waals surface area contributed by atoms with Crippen molar-refractivity contribution in [1.82, 2.24) is 0 Å². The van der Waals surface area contributed by atoms with Crippen LogP contribution in [0.25, 0.3) is 0 Å². The molecule has 4 nitrogen and oxygen atoms in total. The van der Waals surface area contributed by atoms with Crippen molar-refractivity contribution in [3.05, 3.63) is 11.1 Å². The van der Waals surface area contributed by atoms with Crippen LogP contribution in [0.2, 0.25) is 5.02 Å². The van der Waals surface area contributed by atoms with Crippen molar-refractivity contribution < 1.29 is 10.2 Å². The fourth-order valence-corrected chi connectivity index (χ4v) is 0.866. The Morgan fingerprint density at radius 1 is 1.27 bits per heavy atom. The maximum absolute atomic E-state index is 9.06. The summed E-state index contributed by atoms with van der Waals surface area (Å²) in [5, 5.41) is 17.9. The predicted molar refractivity (Wildman–Crippen MR) is 43.6 cm³/mol. The summed E-state index contributed by atoms with van der Waals surface area (Å²) in [6.07, 6.45) is 0. The molecule has 0 aromatic heterocycles. The molecule has 60 valence electrons. The summed E-state index contributed by atoms with van der Waals surface area (Å²) in [6.45, 7) is 0. The number of hydrogen-bond acceptors (Lipinski definition) is 4. The van der Waals surface area contributed by atoms with E-state index in [1.165, 1.54) is 0 Å². The monoisotopic (exact) mass is 174 g/mol. The molecule has 1 aromatic carbocycles. The molecular formula is C6H7ClN2O2. The molecule has 0 aliphatic rings. The molecule has 0 aliphatic heterocycles. The minimum Gasteiger partial charge on any atom is -0.506 e. The number of hydrogen-bond donors (Lipinski definition) is 4. The molecule has 0 saturated carbocycles. The van der Waals surface area contributed by atoms with Gasteiger partial charge in [-0.1, -0.05) is 11.6 Å². The van der Waals surface area contributed by atoms with Crippen LogP contribution in [0.3, 0.4) is 0 Å². The molecule has 0 radical (unpaired) electrons. The minimum absolute atomic E-state index is 0.00157. The zero-order valence-corrected chi connectivity index (χ0v) is 6.26. The lowest BCUT2D eigenvalue weighted by atomic mass is 10.2. The molecular weight excluding hydrogens is 168 g/mol. The normalized spacial score (nSPS) is 9.91. The maximum atomic E-state index is 9.06. The van der Waals surface area contributed by atoms with Crippen LogP contribution in [0.1, 0.15) is 0 Å². The zero-order chi connectivity index (χ0) is 8.59. The van der Waals surface area contributed by atoms with Gasteiger partial charge in [-0.25, -0.2) is 0 Å². The van der Waals surface area contributed by atoms with Crippen molar-refractivity contribution in [2.24, 2.45) is 0 Å². The van der Waals surface area contributed by atoms with Gasteiger partial charge in [0.05, 0.1) is 11.4 Å². The van der Waals surface area contributed by atoms with E-state index in [0.717, 1.165) is 6.07 Å². The van der Waals surface area contributed by atoms with E-state index in [4.69, 9.17) is 33.3 Å². The SMILES string of the molecule is Nc1cc(O)c(N)c(Cl)c1O. The molecule has 11 heavy (non-hydrogen) atoms. The lowest BCUT2D eigenvalue weighted by molar-refractivity contribution is 0.465. The second kappa shape index (κ2) is 2.39. The second-order valence-electron chi connectivity index (χ2n) is 2.06. The van der Waals surface area contributed by atoms with E-state index in [1.807, 2.05) is 0 Å². The number of benzene rings is 1. The van der Waals surface area contributed by atoms with E-state index in [2.05, 4.69) is 0 Å². The van der Waals surface area contributed by atoms with Crippen LogP contribution in [0, 0.1) is 0 Å². The van der Waals surface area contributed by atoms with Gasteiger partial charge in [0.2, 0.25) is 0 Å². The molecule has 0 fully saturated rings. The Morgan fingerprint density at radius 2 is 1.82 bits per heavy atom. The van der Waals surface area contributed by atoms with E-state index < -0.39 is 0 Å². The maximum Gasteiger partial charge on any atom is 0.159 e. The first-order valence-electron chi connectivity index (χ1n) is 2.79. The Bertz CT molecular complexity index is 275. The van der Waals surface area contributed by atoms with E-state index >= 15 is 0 Å². The van der Waals surface area contributed by atoms with Crippen LogP contribution in [-0.4, -0.2) is 10.2 Å². The van der Waals surface area contributed by atoms with Crippen molar-refractivity contribution in [3.8, 4) is 11.5 Å². The van der Waals surface area contributed by atoms with Gasteiger partial charge < -0.3 is 21.7 Å². The fraction of sp³-hybridized carbons (Fsp3) is 0. The fourth-order valence-electron chi connectivity index (χ4n) is 0.660. The van der Waals surface area contributed by atoms with Crippen molar-refractivity contribution in [3.63, 3.8) is 0 Å². The third-order valence-corrected chi connectivity index (χ3v) is 1.67. The zero-order valence-electron chi connectivity index (χ0n) is 5.50. The lowest BCUT2D eigenvalue weighted by Crippen LogP contribution is -1.92. The Morgan fingerprint density at radius 3 is 2.36 bits per heavy atom. The summed E-state index contributed by atoms with van der Waals surface area (Å²) in [5.41, 5.74) is 10.4. The van der Waals surface area contributed by atoms with Gasteiger partial charge in [0, 0.05) is 6.07 Å². The highest BCUT2D eigenvalue weighted by molar-refractivity contribution is 6.35. The molecule has 1 aromatic rings.